The van der Waals surface area contributed by atoms with Gasteiger partial charge < -0.3 is 9.55 Å². The third-order valence-electron chi connectivity index (χ3n) is 5.65. The normalized spacial score (nSPS) is 16.7. The van der Waals surface area contributed by atoms with Crippen molar-refractivity contribution in [2.24, 2.45) is 0 Å². The zero-order chi connectivity index (χ0) is 20.2. The van der Waals surface area contributed by atoms with Crippen molar-refractivity contribution in [1.29, 1.82) is 5.26 Å². The molecule has 0 radical (unpaired) electrons. The number of nitrogens with one attached hydrogen (secondary N) is 1. The smallest absolute Gasteiger partial charge is 0.211 e. The minimum atomic E-state index is -3.30. The second-order valence-corrected chi connectivity index (χ2v) is 9.46. The van der Waals surface area contributed by atoms with Crippen LogP contribution >= 0.6 is 0 Å². The summed E-state index contributed by atoms with van der Waals surface area (Å²) in [6, 6.07) is 12.1. The first-order chi connectivity index (χ1) is 13.9. The topological polar surface area (TPSA) is 108 Å². The molecule has 5 rings (SSSR count). The lowest BCUT2D eigenvalue weighted by molar-refractivity contribution is 0.0899. The number of nitriles is 1. The van der Waals surface area contributed by atoms with Crippen LogP contribution in [0.1, 0.15) is 6.42 Å². The maximum Gasteiger partial charge on any atom is 0.211 e. The summed E-state index contributed by atoms with van der Waals surface area (Å²) < 4.78 is 27.4. The SMILES string of the molecule is CS(=O)(=O)N1CC(CC#N)(n2cc(-c3ncnc4[nH]ccc34)c3ccccc32)C1. The van der Waals surface area contributed by atoms with Gasteiger partial charge in [0.2, 0.25) is 10.0 Å². The molecule has 1 fully saturated rings. The molecule has 1 aromatic carbocycles. The van der Waals surface area contributed by atoms with E-state index in [9.17, 15) is 13.7 Å². The summed E-state index contributed by atoms with van der Waals surface area (Å²) in [5.74, 6) is 0. The van der Waals surface area contributed by atoms with Gasteiger partial charge >= 0.3 is 0 Å². The Morgan fingerprint density at radius 3 is 2.76 bits per heavy atom. The summed E-state index contributed by atoms with van der Waals surface area (Å²) in [6.45, 7) is 0.557. The van der Waals surface area contributed by atoms with E-state index in [0.29, 0.717) is 0 Å². The number of benzene rings is 1. The van der Waals surface area contributed by atoms with Gasteiger partial charge in [-0.2, -0.15) is 9.57 Å². The second kappa shape index (κ2) is 6.14. The van der Waals surface area contributed by atoms with Gasteiger partial charge in [-0.1, -0.05) is 18.2 Å². The number of para-hydroxylation sites is 1. The molecular formula is C20H18N6O2S. The third-order valence-corrected chi connectivity index (χ3v) is 6.85. The van der Waals surface area contributed by atoms with E-state index in [4.69, 9.17) is 0 Å². The van der Waals surface area contributed by atoms with Crippen LogP contribution in [0, 0.1) is 11.3 Å². The van der Waals surface area contributed by atoms with Crippen molar-refractivity contribution in [2.45, 2.75) is 12.0 Å². The van der Waals surface area contributed by atoms with E-state index in [1.54, 1.807) is 0 Å². The number of hydrogen-bond acceptors (Lipinski definition) is 5. The molecular weight excluding hydrogens is 388 g/mol. The van der Waals surface area contributed by atoms with E-state index in [1.165, 1.54) is 16.9 Å². The molecule has 1 aliphatic heterocycles. The highest BCUT2D eigenvalue weighted by Crippen LogP contribution is 2.41. The van der Waals surface area contributed by atoms with E-state index in [-0.39, 0.29) is 19.5 Å². The molecule has 4 heterocycles. The Balaban J connectivity index is 1.73. The van der Waals surface area contributed by atoms with Crippen molar-refractivity contribution >= 4 is 32.0 Å². The largest absolute Gasteiger partial charge is 0.346 e. The fourth-order valence-electron chi connectivity index (χ4n) is 4.19. The van der Waals surface area contributed by atoms with Gasteiger partial charge in [-0.3, -0.25) is 0 Å². The number of fused-ring (bicyclic) bond motifs is 2. The summed E-state index contributed by atoms with van der Waals surface area (Å²) in [5, 5.41) is 11.4. The first-order valence-electron chi connectivity index (χ1n) is 9.14. The molecule has 1 saturated heterocycles. The third kappa shape index (κ3) is 2.64. The van der Waals surface area contributed by atoms with Crippen LogP contribution in [0.25, 0.3) is 33.2 Å². The molecule has 9 heteroatoms. The molecule has 4 aromatic rings. The van der Waals surface area contributed by atoms with E-state index in [1.807, 2.05) is 42.7 Å². The van der Waals surface area contributed by atoms with Gasteiger partial charge in [-0.25, -0.2) is 18.4 Å². The average Bonchev–Trinajstić information content (AvgIpc) is 3.28. The van der Waals surface area contributed by atoms with Crippen molar-refractivity contribution in [2.75, 3.05) is 19.3 Å². The molecule has 1 aliphatic rings. The molecule has 3 aromatic heterocycles. The Kier molecular flexibility index (Phi) is 3.78. The minimum Gasteiger partial charge on any atom is -0.346 e. The van der Waals surface area contributed by atoms with E-state index >= 15 is 0 Å². The van der Waals surface area contributed by atoms with Crippen LogP contribution in [0.4, 0.5) is 0 Å². The number of hydrogen-bond donors (Lipinski definition) is 1. The molecule has 29 heavy (non-hydrogen) atoms. The summed E-state index contributed by atoms with van der Waals surface area (Å²) in [6.07, 6.45) is 6.78. The highest BCUT2D eigenvalue weighted by molar-refractivity contribution is 7.88. The standard InChI is InChI=1S/C20H18N6O2S/c1-29(27,28)25-11-20(12-25,7-8-21)26-10-16(14-4-2-3-5-17(14)26)18-15-6-9-22-19(15)24-13-23-18/h2-6,9-10,13H,7,11-12H2,1H3,(H,22,23,24). The lowest BCUT2D eigenvalue weighted by Gasteiger charge is -2.48. The van der Waals surface area contributed by atoms with E-state index in [2.05, 4.69) is 25.6 Å². The van der Waals surface area contributed by atoms with Gasteiger partial charge in [0.05, 0.1) is 30.0 Å². The molecule has 0 spiro atoms. The maximum absolute atomic E-state index is 12.0. The van der Waals surface area contributed by atoms with Crippen molar-refractivity contribution in [3.05, 3.63) is 49.1 Å². The number of aromatic nitrogens is 4. The molecule has 0 amide bonds. The van der Waals surface area contributed by atoms with Crippen molar-refractivity contribution in [3.8, 4) is 17.3 Å². The Morgan fingerprint density at radius 2 is 2.00 bits per heavy atom. The quantitative estimate of drug-likeness (QED) is 0.560. The predicted molar refractivity (Wildman–Crippen MR) is 109 cm³/mol. The van der Waals surface area contributed by atoms with Crippen molar-refractivity contribution in [3.63, 3.8) is 0 Å². The zero-order valence-electron chi connectivity index (χ0n) is 15.7. The number of H-pyrrole nitrogens is 1. The highest BCUT2D eigenvalue weighted by atomic mass is 32.2. The van der Waals surface area contributed by atoms with Gasteiger partial charge in [0.1, 0.15) is 12.0 Å². The fraction of sp³-hybridized carbons (Fsp3) is 0.250. The predicted octanol–water partition coefficient (Wildman–Crippen LogP) is 2.46. The van der Waals surface area contributed by atoms with Crippen LogP contribution in [-0.2, 0) is 15.6 Å². The summed E-state index contributed by atoms with van der Waals surface area (Å²) in [4.78, 5) is 11.9. The van der Waals surface area contributed by atoms with Crippen LogP contribution in [0.15, 0.2) is 49.1 Å². The Morgan fingerprint density at radius 1 is 1.21 bits per heavy atom. The number of sulfonamides is 1. The summed E-state index contributed by atoms with van der Waals surface area (Å²) >= 11 is 0. The lowest BCUT2D eigenvalue weighted by Crippen LogP contribution is -2.63. The number of rotatable bonds is 4. The molecule has 0 atom stereocenters. The fourth-order valence-corrected chi connectivity index (χ4v) is 5.14. The van der Waals surface area contributed by atoms with Crippen LogP contribution < -0.4 is 0 Å². The molecule has 0 saturated carbocycles. The van der Waals surface area contributed by atoms with Crippen LogP contribution in [0.3, 0.4) is 0 Å². The molecule has 146 valence electrons. The first kappa shape index (κ1) is 17.8. The van der Waals surface area contributed by atoms with Gasteiger partial charge in [-0.05, 0) is 12.1 Å². The summed E-state index contributed by atoms with van der Waals surface area (Å²) in [5.41, 5.74) is 2.85. The minimum absolute atomic E-state index is 0.223. The number of nitrogens with zero attached hydrogens (tertiary/aromatic N) is 5. The van der Waals surface area contributed by atoms with Gasteiger partial charge in [0, 0.05) is 47.3 Å². The van der Waals surface area contributed by atoms with Gasteiger partial charge in [-0.15, -0.1) is 0 Å². The van der Waals surface area contributed by atoms with E-state index in [0.717, 1.165) is 33.2 Å². The lowest BCUT2D eigenvalue weighted by atomic mass is 9.88. The van der Waals surface area contributed by atoms with E-state index < -0.39 is 15.6 Å². The van der Waals surface area contributed by atoms with Crippen molar-refractivity contribution in [1.82, 2.24) is 23.8 Å². The Bertz CT molecular complexity index is 1390. The average molecular weight is 406 g/mol. The number of aromatic amines is 1. The van der Waals surface area contributed by atoms with Crippen LogP contribution in [0.5, 0.6) is 0 Å². The molecule has 0 bridgehead atoms. The zero-order valence-corrected chi connectivity index (χ0v) is 16.5. The summed E-state index contributed by atoms with van der Waals surface area (Å²) in [7, 11) is -3.30. The first-order valence-corrected chi connectivity index (χ1v) is 11.0. The van der Waals surface area contributed by atoms with Gasteiger partial charge in [0.25, 0.3) is 0 Å². The van der Waals surface area contributed by atoms with Crippen LogP contribution in [0.2, 0.25) is 0 Å². The second-order valence-electron chi connectivity index (χ2n) is 7.48. The van der Waals surface area contributed by atoms with Crippen molar-refractivity contribution < 1.29 is 8.42 Å². The molecule has 0 aliphatic carbocycles. The van der Waals surface area contributed by atoms with Crippen LogP contribution in [-0.4, -0.2) is 51.6 Å². The van der Waals surface area contributed by atoms with Gasteiger partial charge in [0.15, 0.2) is 0 Å². The monoisotopic (exact) mass is 406 g/mol. The maximum atomic E-state index is 12.0. The molecule has 0 unspecified atom stereocenters. The highest BCUT2D eigenvalue weighted by Gasteiger charge is 2.48. The molecule has 8 nitrogen and oxygen atoms in total. The Hall–Kier alpha value is -3.22. The Labute approximate surface area is 167 Å². The molecule has 1 N–H and O–H groups in total.